The number of piperidine rings is 1. The first-order valence-corrected chi connectivity index (χ1v) is 8.60. The van der Waals surface area contributed by atoms with Gasteiger partial charge in [-0.15, -0.1) is 0 Å². The highest BCUT2D eigenvalue weighted by Gasteiger charge is 2.25. The van der Waals surface area contributed by atoms with Crippen molar-refractivity contribution in [2.24, 2.45) is 5.92 Å². The number of nitrogens with one attached hydrogen (secondary N) is 1. The molecule has 1 aromatic heterocycles. The zero-order valence-corrected chi connectivity index (χ0v) is 14.9. The molecule has 2 heterocycles. The Kier molecular flexibility index (Phi) is 4.88. The van der Waals surface area contributed by atoms with E-state index in [0.717, 1.165) is 22.8 Å². The maximum Gasteiger partial charge on any atom is 0.306 e. The number of hydrogen-bond acceptors (Lipinski definition) is 5. The van der Waals surface area contributed by atoms with Crippen molar-refractivity contribution in [2.75, 3.05) is 23.3 Å². The van der Waals surface area contributed by atoms with E-state index in [1.807, 2.05) is 13.0 Å². The van der Waals surface area contributed by atoms with Crippen molar-refractivity contribution in [1.82, 2.24) is 9.97 Å². The molecule has 0 amide bonds. The van der Waals surface area contributed by atoms with Crippen molar-refractivity contribution < 1.29 is 9.90 Å². The summed E-state index contributed by atoms with van der Waals surface area (Å²) in [5, 5.41) is 12.5. The van der Waals surface area contributed by atoms with Gasteiger partial charge >= 0.3 is 5.97 Å². The molecule has 0 saturated carbocycles. The van der Waals surface area contributed by atoms with E-state index >= 15 is 0 Å². The molecular weight excluding hydrogens is 316 g/mol. The number of aryl methyl sites for hydroxylation is 3. The molecule has 1 aliphatic heterocycles. The van der Waals surface area contributed by atoms with Gasteiger partial charge in [-0.05, 0) is 50.8 Å². The molecule has 0 atom stereocenters. The summed E-state index contributed by atoms with van der Waals surface area (Å²) in [5.74, 6) is 0.482. The number of carboxylic acid groups (broad SMARTS) is 1. The lowest BCUT2D eigenvalue weighted by Gasteiger charge is -2.31. The molecule has 1 fully saturated rings. The van der Waals surface area contributed by atoms with Crippen LogP contribution in [0.25, 0.3) is 0 Å². The average molecular weight is 340 g/mol. The topological polar surface area (TPSA) is 78.4 Å². The molecule has 2 aromatic rings. The third-order valence-electron chi connectivity index (χ3n) is 4.65. The summed E-state index contributed by atoms with van der Waals surface area (Å²) in [4.78, 5) is 22.4. The van der Waals surface area contributed by atoms with Crippen LogP contribution in [0, 0.1) is 26.7 Å². The lowest BCUT2D eigenvalue weighted by molar-refractivity contribution is -0.142. The summed E-state index contributed by atoms with van der Waals surface area (Å²) in [6.07, 6.45) is 1.30. The maximum atomic E-state index is 11.1. The Bertz CT molecular complexity index is 783. The van der Waals surface area contributed by atoms with Crippen LogP contribution in [0.5, 0.6) is 0 Å². The first-order chi connectivity index (χ1) is 11.9. The van der Waals surface area contributed by atoms with Gasteiger partial charge in [-0.25, -0.2) is 4.98 Å². The lowest BCUT2D eigenvalue weighted by atomic mass is 9.97. The van der Waals surface area contributed by atoms with Crippen molar-refractivity contribution in [1.29, 1.82) is 0 Å². The molecule has 1 aliphatic rings. The van der Waals surface area contributed by atoms with Crippen molar-refractivity contribution >= 4 is 23.4 Å². The van der Waals surface area contributed by atoms with Crippen molar-refractivity contribution in [2.45, 2.75) is 33.6 Å². The fraction of sp³-hybridized carbons (Fsp3) is 0.421. The Morgan fingerprint density at radius 2 is 1.88 bits per heavy atom. The molecule has 132 valence electrons. The van der Waals surface area contributed by atoms with Gasteiger partial charge in [0.15, 0.2) is 0 Å². The number of carboxylic acids is 1. The predicted molar refractivity (Wildman–Crippen MR) is 98.5 cm³/mol. The Labute approximate surface area is 147 Å². The number of hydrogen-bond donors (Lipinski definition) is 2. The van der Waals surface area contributed by atoms with Crippen molar-refractivity contribution in [3.05, 3.63) is 41.1 Å². The minimum atomic E-state index is -0.698. The Balaban J connectivity index is 1.79. The van der Waals surface area contributed by atoms with E-state index in [2.05, 4.69) is 52.2 Å². The zero-order chi connectivity index (χ0) is 18.0. The highest BCUT2D eigenvalue weighted by Crippen LogP contribution is 2.25. The van der Waals surface area contributed by atoms with Gasteiger partial charge in [-0.1, -0.05) is 12.1 Å². The quantitative estimate of drug-likeness (QED) is 0.887. The van der Waals surface area contributed by atoms with Crippen LogP contribution in [0.15, 0.2) is 24.3 Å². The van der Waals surface area contributed by atoms with Crippen LogP contribution < -0.4 is 10.2 Å². The van der Waals surface area contributed by atoms with E-state index in [9.17, 15) is 4.79 Å². The maximum absolute atomic E-state index is 11.1. The van der Waals surface area contributed by atoms with Crippen LogP contribution >= 0.6 is 0 Å². The molecule has 0 aliphatic carbocycles. The fourth-order valence-corrected chi connectivity index (χ4v) is 3.12. The number of nitrogens with zero attached hydrogens (tertiary/aromatic N) is 3. The second-order valence-corrected chi connectivity index (χ2v) is 6.73. The van der Waals surface area contributed by atoms with Gasteiger partial charge in [0.25, 0.3) is 0 Å². The normalized spacial score (nSPS) is 15.2. The molecule has 0 spiro atoms. The first-order valence-electron chi connectivity index (χ1n) is 8.60. The fourth-order valence-electron chi connectivity index (χ4n) is 3.12. The number of anilines is 3. The van der Waals surface area contributed by atoms with Crippen LogP contribution in [0.1, 0.15) is 29.7 Å². The third-order valence-corrected chi connectivity index (χ3v) is 4.65. The molecule has 6 heteroatoms. The van der Waals surface area contributed by atoms with E-state index in [0.29, 0.717) is 31.9 Å². The molecule has 0 unspecified atom stereocenters. The van der Waals surface area contributed by atoms with Gasteiger partial charge in [0, 0.05) is 30.5 Å². The smallest absolute Gasteiger partial charge is 0.306 e. The van der Waals surface area contributed by atoms with Gasteiger partial charge in [0.2, 0.25) is 5.95 Å². The highest BCUT2D eigenvalue weighted by molar-refractivity contribution is 5.70. The standard InChI is InChI=1S/C19H24N4O2/c1-12-4-5-13(2)16(10-12)21-19-20-14(3)11-17(22-19)23-8-6-15(7-9-23)18(24)25/h4-5,10-11,15H,6-9H2,1-3H3,(H,24,25)(H,20,21,22). The summed E-state index contributed by atoms with van der Waals surface area (Å²) < 4.78 is 0. The Morgan fingerprint density at radius 1 is 1.16 bits per heavy atom. The molecular formula is C19H24N4O2. The molecule has 3 rings (SSSR count). The second kappa shape index (κ2) is 7.09. The van der Waals surface area contributed by atoms with Gasteiger partial charge in [-0.2, -0.15) is 4.98 Å². The van der Waals surface area contributed by atoms with Crippen LogP contribution in [0.3, 0.4) is 0 Å². The van der Waals surface area contributed by atoms with Gasteiger partial charge in [0.1, 0.15) is 5.82 Å². The summed E-state index contributed by atoms with van der Waals surface area (Å²) in [7, 11) is 0. The lowest BCUT2D eigenvalue weighted by Crippen LogP contribution is -2.36. The highest BCUT2D eigenvalue weighted by atomic mass is 16.4. The van der Waals surface area contributed by atoms with E-state index < -0.39 is 5.97 Å². The summed E-state index contributed by atoms with van der Waals surface area (Å²) >= 11 is 0. The predicted octanol–water partition coefficient (Wildman–Crippen LogP) is 3.45. The molecule has 0 radical (unpaired) electrons. The van der Waals surface area contributed by atoms with Crippen LogP contribution in [0.4, 0.5) is 17.5 Å². The minimum absolute atomic E-state index is 0.244. The van der Waals surface area contributed by atoms with E-state index in [4.69, 9.17) is 5.11 Å². The molecule has 2 N–H and O–H groups in total. The molecule has 1 saturated heterocycles. The second-order valence-electron chi connectivity index (χ2n) is 6.73. The van der Waals surface area contributed by atoms with Gasteiger partial charge < -0.3 is 15.3 Å². The Hall–Kier alpha value is -2.63. The van der Waals surface area contributed by atoms with Crippen molar-refractivity contribution in [3.8, 4) is 0 Å². The van der Waals surface area contributed by atoms with Crippen molar-refractivity contribution in [3.63, 3.8) is 0 Å². The summed E-state index contributed by atoms with van der Waals surface area (Å²) in [6, 6.07) is 8.19. The van der Waals surface area contributed by atoms with Gasteiger partial charge in [-0.3, -0.25) is 4.79 Å². The zero-order valence-electron chi connectivity index (χ0n) is 14.9. The average Bonchev–Trinajstić information content (AvgIpc) is 2.58. The number of rotatable bonds is 4. The molecule has 0 bridgehead atoms. The number of carbonyl (C=O) groups is 1. The number of aliphatic carboxylic acids is 1. The van der Waals surface area contributed by atoms with Crippen LogP contribution in [0.2, 0.25) is 0 Å². The van der Waals surface area contributed by atoms with E-state index in [1.54, 1.807) is 0 Å². The van der Waals surface area contributed by atoms with Crippen LogP contribution in [-0.2, 0) is 4.79 Å². The largest absolute Gasteiger partial charge is 0.481 e. The molecule has 25 heavy (non-hydrogen) atoms. The van der Waals surface area contributed by atoms with E-state index in [1.165, 1.54) is 5.56 Å². The minimum Gasteiger partial charge on any atom is -0.481 e. The summed E-state index contributed by atoms with van der Waals surface area (Å²) in [5.41, 5.74) is 4.20. The first kappa shape index (κ1) is 17.2. The van der Waals surface area contributed by atoms with Crippen LogP contribution in [-0.4, -0.2) is 34.1 Å². The summed E-state index contributed by atoms with van der Waals surface area (Å²) in [6.45, 7) is 7.46. The Morgan fingerprint density at radius 3 is 2.56 bits per heavy atom. The third kappa shape index (κ3) is 4.07. The monoisotopic (exact) mass is 340 g/mol. The van der Waals surface area contributed by atoms with Gasteiger partial charge in [0.05, 0.1) is 5.92 Å². The molecule has 6 nitrogen and oxygen atoms in total. The molecule has 1 aromatic carbocycles. The number of aromatic nitrogens is 2. The SMILES string of the molecule is Cc1ccc(C)c(Nc2nc(C)cc(N3CCC(C(=O)O)CC3)n2)c1. The van der Waals surface area contributed by atoms with E-state index in [-0.39, 0.29) is 5.92 Å². The number of benzene rings is 1.